The Bertz CT molecular complexity index is 2210. The topological polar surface area (TPSA) is 219 Å². The number of hydrogen-bond donors (Lipinski definition) is 5. The number of nitrogens with zero attached hydrogens (tertiary/aromatic N) is 3. The molecule has 1 aliphatic heterocycles. The molecule has 1 fully saturated rings. The summed E-state index contributed by atoms with van der Waals surface area (Å²) in [5.41, 5.74) is -2.67. The first-order valence-electron chi connectivity index (χ1n) is 15.2. The van der Waals surface area contributed by atoms with Crippen LogP contribution in [0.2, 0.25) is 0 Å². The van der Waals surface area contributed by atoms with Crippen LogP contribution in [0.3, 0.4) is 0 Å². The van der Waals surface area contributed by atoms with Crippen molar-refractivity contribution in [1.29, 1.82) is 0 Å². The Hall–Kier alpha value is -4.94. The molecule has 2 aromatic carbocycles. The predicted molar refractivity (Wildman–Crippen MR) is 181 cm³/mol. The van der Waals surface area contributed by atoms with Crippen LogP contribution in [0.15, 0.2) is 33.9 Å². The van der Waals surface area contributed by atoms with Crippen LogP contribution in [0.5, 0.6) is 17.2 Å². The number of methoxy groups -OCH3 is 1. The van der Waals surface area contributed by atoms with Crippen molar-refractivity contribution in [3.63, 3.8) is 0 Å². The van der Waals surface area contributed by atoms with Gasteiger partial charge in [-0.2, -0.15) is 5.10 Å². The van der Waals surface area contributed by atoms with Crippen LogP contribution >= 0.6 is 22.6 Å². The summed E-state index contributed by atoms with van der Waals surface area (Å²) in [6, 6.07) is 3.06. The number of alkyl halides is 1. The minimum absolute atomic E-state index is 0.0927. The number of pyridine rings is 1. The fourth-order valence-electron chi connectivity index (χ4n) is 7.27. The molecule has 252 valence electrons. The summed E-state index contributed by atoms with van der Waals surface area (Å²) in [7, 11) is 3.15. The maximum Gasteiger partial charge on any atom is 0.260 e. The number of allylic oxidation sites excluding steroid dienone is 2. The lowest BCUT2D eigenvalue weighted by molar-refractivity contribution is -0.122. The average molecular weight is 782 g/mol. The van der Waals surface area contributed by atoms with Gasteiger partial charge in [0.05, 0.1) is 57.3 Å². The molecule has 0 bridgehead atoms. The van der Waals surface area contributed by atoms with E-state index in [-0.39, 0.29) is 51.4 Å². The lowest BCUT2D eigenvalue weighted by Crippen LogP contribution is -2.51. The highest BCUT2D eigenvalue weighted by Crippen LogP contribution is 2.57. The van der Waals surface area contributed by atoms with Gasteiger partial charge in [-0.05, 0) is 36.9 Å². The van der Waals surface area contributed by atoms with Gasteiger partial charge < -0.3 is 25.0 Å². The number of rotatable bonds is 5. The molecule has 4 aliphatic rings. The Labute approximate surface area is 290 Å². The van der Waals surface area contributed by atoms with Crippen LogP contribution in [0.1, 0.15) is 64.7 Å². The largest absolute Gasteiger partial charge is 0.507 e. The predicted octanol–water partition coefficient (Wildman–Crippen LogP) is 1.28. The molecule has 15 nitrogen and oxygen atoms in total. The van der Waals surface area contributed by atoms with Crippen LogP contribution in [0.25, 0.3) is 10.8 Å². The van der Waals surface area contributed by atoms with Crippen LogP contribution in [-0.2, 0) is 21.4 Å². The van der Waals surface area contributed by atoms with Gasteiger partial charge in [-0.3, -0.25) is 38.6 Å². The van der Waals surface area contributed by atoms with Gasteiger partial charge in [-0.25, -0.2) is 5.43 Å². The van der Waals surface area contributed by atoms with Crippen molar-refractivity contribution < 1.29 is 44.0 Å². The molecule has 1 saturated heterocycles. The number of aromatic nitrogens is 1. The normalized spacial score (nSPS) is 22.2. The standard InChI is InChI=1S/C33H28IN5O10/c1-38-5-6-39(11-18(38)34)12-19(41)37-35-10-15-8-14-7-13-3-4-33(25(13)29(45)20(14)32(48)36-15)30(46)23-24(31(33)47)28(44)22-21(27(23)43)16(40)9-17(49-2)26(22)42/h7-10,18,43-45H,3-6,11-12H2,1-2H3,(H,36,48)(H,37,41)/t18?,33-/m0/s1. The highest BCUT2D eigenvalue weighted by atomic mass is 127. The lowest BCUT2D eigenvalue weighted by Gasteiger charge is -2.35. The number of aromatic hydroxyl groups is 3. The fraction of sp³-hybridized carbons (Fsp3) is 0.303. The number of halogens is 1. The van der Waals surface area contributed by atoms with Gasteiger partial charge in [0.25, 0.3) is 11.5 Å². The molecular weight excluding hydrogens is 753 g/mol. The molecule has 2 heterocycles. The van der Waals surface area contributed by atoms with Crippen molar-refractivity contribution in [1.82, 2.24) is 20.2 Å². The van der Waals surface area contributed by atoms with E-state index in [0.717, 1.165) is 32.8 Å². The Morgan fingerprint density at radius 1 is 1.06 bits per heavy atom. The number of ketones is 4. The second-order valence-corrected chi connectivity index (χ2v) is 13.8. The molecular formula is C33H28IN5O10. The number of aryl methyl sites for hydroxylation is 1. The van der Waals surface area contributed by atoms with E-state index >= 15 is 0 Å². The number of amides is 1. The molecule has 3 aromatic rings. The van der Waals surface area contributed by atoms with E-state index < -0.39 is 79.4 Å². The van der Waals surface area contributed by atoms with Crippen molar-refractivity contribution in [2.24, 2.45) is 5.10 Å². The molecule has 0 radical (unpaired) electrons. The quantitative estimate of drug-likeness (QED) is 0.0471. The molecule has 16 heteroatoms. The van der Waals surface area contributed by atoms with Crippen molar-refractivity contribution in [3.05, 3.63) is 73.4 Å². The molecule has 1 unspecified atom stereocenters. The molecule has 49 heavy (non-hydrogen) atoms. The summed E-state index contributed by atoms with van der Waals surface area (Å²) >= 11 is 2.32. The molecule has 7 rings (SSSR count). The van der Waals surface area contributed by atoms with Crippen molar-refractivity contribution in [2.75, 3.05) is 40.3 Å². The SMILES string of the molecule is COC1=CC(=O)c2c(O)c3c(c(O)c2C1=O)C(=O)[C@]1(CCc2cc4cc(C=NNC(=O)CN5CCN(C)C(I)C5)[nH]c(=O)c4c(O)c21)C3=O. The number of Topliss-reactive ketones (excluding diaryl/α,β-unsaturated/α-hetero) is 3. The van der Waals surface area contributed by atoms with Gasteiger partial charge in [-0.15, -0.1) is 0 Å². The number of carbonyl (C=O) groups excluding carboxylic acids is 5. The summed E-state index contributed by atoms with van der Waals surface area (Å²) in [6.07, 6.45) is 1.96. The summed E-state index contributed by atoms with van der Waals surface area (Å²) in [4.78, 5) is 86.7. The number of fused-ring (bicyclic) bond motifs is 5. The second-order valence-electron chi connectivity index (χ2n) is 12.4. The first kappa shape index (κ1) is 32.6. The molecule has 2 atom stereocenters. The Morgan fingerprint density at radius 3 is 2.43 bits per heavy atom. The van der Waals surface area contributed by atoms with Crippen LogP contribution < -0.4 is 11.0 Å². The van der Waals surface area contributed by atoms with E-state index in [1.165, 1.54) is 12.3 Å². The summed E-state index contributed by atoms with van der Waals surface area (Å²) in [5, 5.41) is 37.9. The van der Waals surface area contributed by atoms with Crippen LogP contribution in [0, 0.1) is 0 Å². The average Bonchev–Trinajstić information content (AvgIpc) is 3.54. The van der Waals surface area contributed by atoms with Crippen molar-refractivity contribution in [3.8, 4) is 17.2 Å². The number of aromatic amines is 1. The van der Waals surface area contributed by atoms with Crippen molar-refractivity contribution >= 4 is 68.6 Å². The number of likely N-dealkylation sites (N-methyl/N-ethyl adjacent to an activating group) is 1. The number of phenolic OH excluding ortho intramolecular Hbond substituents is 3. The number of hydrazone groups is 1. The summed E-state index contributed by atoms with van der Waals surface area (Å²) in [6.45, 7) is 2.44. The van der Waals surface area contributed by atoms with E-state index in [2.05, 4.69) is 43.0 Å². The Balaban J connectivity index is 1.22. The highest BCUT2D eigenvalue weighted by Gasteiger charge is 2.61. The number of hydrogen-bond acceptors (Lipinski definition) is 13. The zero-order valence-corrected chi connectivity index (χ0v) is 28.2. The first-order chi connectivity index (χ1) is 23.3. The van der Waals surface area contributed by atoms with E-state index in [1.807, 2.05) is 11.9 Å². The Kier molecular flexibility index (Phi) is 7.71. The van der Waals surface area contributed by atoms with Gasteiger partial charge in [0.1, 0.15) is 22.7 Å². The number of benzene rings is 2. The van der Waals surface area contributed by atoms with Gasteiger partial charge >= 0.3 is 0 Å². The smallest absolute Gasteiger partial charge is 0.260 e. The van der Waals surface area contributed by atoms with Crippen LogP contribution in [-0.4, -0.2) is 110 Å². The van der Waals surface area contributed by atoms with Crippen LogP contribution in [0.4, 0.5) is 0 Å². The van der Waals surface area contributed by atoms with E-state index in [1.54, 1.807) is 6.07 Å². The molecule has 3 aliphatic carbocycles. The zero-order valence-electron chi connectivity index (χ0n) is 26.0. The maximum absolute atomic E-state index is 14.2. The van der Waals surface area contributed by atoms with Gasteiger partial charge in [0, 0.05) is 31.3 Å². The minimum atomic E-state index is -2.14. The second kappa shape index (κ2) is 11.6. The number of carbonyl (C=O) groups is 5. The monoisotopic (exact) mass is 781 g/mol. The summed E-state index contributed by atoms with van der Waals surface area (Å²) in [5.74, 6) is -7.17. The van der Waals surface area contributed by atoms with Gasteiger partial charge in [-0.1, -0.05) is 28.7 Å². The highest BCUT2D eigenvalue weighted by molar-refractivity contribution is 14.1. The lowest BCUT2D eigenvalue weighted by atomic mass is 9.76. The zero-order chi connectivity index (χ0) is 35.1. The third-order valence-electron chi connectivity index (χ3n) is 9.68. The van der Waals surface area contributed by atoms with E-state index in [9.17, 15) is 44.1 Å². The molecule has 1 aromatic heterocycles. The number of phenols is 3. The Morgan fingerprint density at radius 2 is 1.76 bits per heavy atom. The third-order valence-corrected chi connectivity index (χ3v) is 11.0. The van der Waals surface area contributed by atoms with Gasteiger partial charge in [0.2, 0.25) is 5.78 Å². The summed E-state index contributed by atoms with van der Waals surface area (Å²) < 4.78 is 5.20. The number of H-pyrrole nitrogens is 1. The maximum atomic E-state index is 14.2. The van der Waals surface area contributed by atoms with Crippen molar-refractivity contribution in [2.45, 2.75) is 22.3 Å². The first-order valence-corrected chi connectivity index (χ1v) is 16.4. The fourth-order valence-corrected chi connectivity index (χ4v) is 8.10. The molecule has 1 amide bonds. The molecule has 5 N–H and O–H groups in total. The molecule has 1 spiro atoms. The number of ether oxygens (including phenoxy) is 1. The molecule has 0 saturated carbocycles. The van der Waals surface area contributed by atoms with E-state index in [4.69, 9.17) is 4.74 Å². The third kappa shape index (κ3) is 4.72. The van der Waals surface area contributed by atoms with Gasteiger partial charge in [0.15, 0.2) is 23.1 Å². The minimum Gasteiger partial charge on any atom is -0.507 e. The number of nitrogens with one attached hydrogen (secondary N) is 2. The van der Waals surface area contributed by atoms with E-state index in [0.29, 0.717) is 5.56 Å². The number of piperazine rings is 1.